The molecule has 0 unspecified atom stereocenters. The number of phenols is 1. The molecule has 10 heavy (non-hydrogen) atoms. The van der Waals surface area contributed by atoms with Crippen LogP contribution in [-0.2, 0) is 0 Å². The number of benzene rings is 1. The van der Waals surface area contributed by atoms with Crippen molar-refractivity contribution in [2.24, 2.45) is 0 Å². The Labute approximate surface area is 67.6 Å². The smallest absolute Gasteiger partial charge is 0.128 e. The van der Waals surface area contributed by atoms with Crippen LogP contribution in [0.2, 0.25) is 0 Å². The van der Waals surface area contributed by atoms with Crippen molar-refractivity contribution in [2.45, 2.75) is 0 Å². The summed E-state index contributed by atoms with van der Waals surface area (Å²) in [4.78, 5) is 0. The van der Waals surface area contributed by atoms with Crippen LogP contribution in [0.15, 0.2) is 16.6 Å². The van der Waals surface area contributed by atoms with Crippen molar-refractivity contribution in [3.8, 4) is 11.5 Å². The number of hydrogen-bond acceptors (Lipinski definition) is 2. The second-order valence-electron chi connectivity index (χ2n) is 1.75. The third-order valence-electron chi connectivity index (χ3n) is 1.03. The van der Waals surface area contributed by atoms with E-state index in [1.54, 1.807) is 13.2 Å². The van der Waals surface area contributed by atoms with Gasteiger partial charge in [-0.15, -0.1) is 0 Å². The first-order valence-corrected chi connectivity index (χ1v) is 3.47. The van der Waals surface area contributed by atoms with Crippen molar-refractivity contribution in [1.29, 1.82) is 0 Å². The summed E-state index contributed by atoms with van der Waals surface area (Å²) in [6.45, 7) is 0. The summed E-state index contributed by atoms with van der Waals surface area (Å²) in [5.74, 6) is 0.689. The number of aromatic hydroxyl groups is 1. The average molecular weight is 202 g/mol. The summed E-state index contributed by atoms with van der Waals surface area (Å²) < 4.78 is 5.55. The Morgan fingerprint density at radius 3 is 2.80 bits per heavy atom. The molecule has 0 aliphatic carbocycles. The van der Waals surface area contributed by atoms with E-state index in [0.717, 1.165) is 0 Å². The molecule has 0 atom stereocenters. The number of rotatable bonds is 1. The van der Waals surface area contributed by atoms with Gasteiger partial charge in [-0.3, -0.25) is 0 Å². The minimum Gasteiger partial charge on any atom is -0.507 e. The second-order valence-corrected chi connectivity index (χ2v) is 2.61. The maximum atomic E-state index is 8.96. The predicted molar refractivity (Wildman–Crippen MR) is 41.2 cm³/mol. The lowest BCUT2D eigenvalue weighted by molar-refractivity contribution is 0.407. The lowest BCUT2D eigenvalue weighted by atomic mass is 10.3. The Hall–Kier alpha value is -0.700. The third kappa shape index (κ3) is 1.64. The standard InChI is InChI=1S/C7H6BrO2/c1-10-7-3-5(8)2-6(9)4-7/h3-4,9H,1H3. The molecule has 0 heterocycles. The van der Waals surface area contributed by atoms with Crippen molar-refractivity contribution in [1.82, 2.24) is 0 Å². The molecule has 0 bridgehead atoms. The summed E-state index contributed by atoms with van der Waals surface area (Å²) in [6.07, 6.45) is 0. The van der Waals surface area contributed by atoms with Crippen molar-refractivity contribution in [2.75, 3.05) is 7.11 Å². The molecular weight excluding hydrogens is 196 g/mol. The molecule has 0 aliphatic heterocycles. The molecule has 3 heteroatoms. The highest BCUT2D eigenvalue weighted by atomic mass is 79.9. The fraction of sp³-hybridized carbons (Fsp3) is 0.143. The van der Waals surface area contributed by atoms with Crippen molar-refractivity contribution < 1.29 is 9.84 Å². The van der Waals surface area contributed by atoms with Crippen LogP contribution in [0.3, 0.4) is 0 Å². The SMILES string of the molecule is COc1cc(O)[c]c(Br)c1. The molecule has 0 spiro atoms. The van der Waals surface area contributed by atoms with E-state index in [4.69, 9.17) is 9.84 Å². The van der Waals surface area contributed by atoms with Gasteiger partial charge in [-0.25, -0.2) is 0 Å². The summed E-state index contributed by atoms with van der Waals surface area (Å²) in [5, 5.41) is 8.96. The molecule has 1 N–H and O–H groups in total. The van der Waals surface area contributed by atoms with E-state index in [-0.39, 0.29) is 5.75 Å². The van der Waals surface area contributed by atoms with E-state index < -0.39 is 0 Å². The van der Waals surface area contributed by atoms with E-state index in [0.29, 0.717) is 10.2 Å². The van der Waals surface area contributed by atoms with E-state index in [2.05, 4.69) is 22.0 Å². The zero-order valence-electron chi connectivity index (χ0n) is 5.39. The first-order chi connectivity index (χ1) is 4.72. The van der Waals surface area contributed by atoms with Crippen molar-refractivity contribution in [3.05, 3.63) is 22.7 Å². The fourth-order valence-electron chi connectivity index (χ4n) is 0.614. The molecule has 1 radical (unpaired) electrons. The molecular formula is C7H6BrO2. The van der Waals surface area contributed by atoms with Crippen LogP contribution in [0.4, 0.5) is 0 Å². The minimum absolute atomic E-state index is 0.0752. The van der Waals surface area contributed by atoms with Gasteiger partial charge in [0.25, 0.3) is 0 Å². The van der Waals surface area contributed by atoms with Crippen LogP contribution in [0.5, 0.6) is 11.5 Å². The molecule has 53 valence electrons. The minimum atomic E-state index is 0.0752. The Kier molecular flexibility index (Phi) is 2.17. The maximum absolute atomic E-state index is 8.96. The highest BCUT2D eigenvalue weighted by molar-refractivity contribution is 9.10. The number of halogens is 1. The molecule has 2 nitrogen and oxygen atoms in total. The molecule has 1 rings (SSSR count). The van der Waals surface area contributed by atoms with Crippen LogP contribution >= 0.6 is 15.9 Å². The van der Waals surface area contributed by atoms with Gasteiger partial charge in [0.05, 0.1) is 7.11 Å². The molecule has 0 saturated carbocycles. The Balaban J connectivity index is 3.06. The van der Waals surface area contributed by atoms with Gasteiger partial charge in [0.2, 0.25) is 0 Å². The van der Waals surface area contributed by atoms with Crippen molar-refractivity contribution >= 4 is 15.9 Å². The zero-order chi connectivity index (χ0) is 7.56. The molecule has 0 fully saturated rings. The molecule has 1 aromatic rings. The third-order valence-corrected chi connectivity index (χ3v) is 1.46. The monoisotopic (exact) mass is 201 g/mol. The second kappa shape index (κ2) is 2.92. The number of methoxy groups -OCH3 is 1. The van der Waals surface area contributed by atoms with E-state index >= 15 is 0 Å². The molecule has 1 aromatic carbocycles. The average Bonchev–Trinajstić information content (AvgIpc) is 1.85. The largest absolute Gasteiger partial charge is 0.507 e. The van der Waals surface area contributed by atoms with Gasteiger partial charge in [-0.05, 0) is 22.0 Å². The summed E-state index contributed by atoms with van der Waals surface area (Å²) >= 11 is 3.16. The Morgan fingerprint density at radius 1 is 1.60 bits per heavy atom. The number of hydrogen-bond donors (Lipinski definition) is 1. The van der Waals surface area contributed by atoms with Gasteiger partial charge in [0, 0.05) is 16.6 Å². The zero-order valence-corrected chi connectivity index (χ0v) is 6.97. The Bertz CT molecular complexity index is 215. The van der Waals surface area contributed by atoms with E-state index in [1.165, 1.54) is 6.07 Å². The number of phenolic OH excluding ortho intramolecular Hbond substituents is 1. The quantitative estimate of drug-likeness (QED) is 0.754. The molecule has 0 aromatic heterocycles. The van der Waals surface area contributed by atoms with Gasteiger partial charge >= 0.3 is 0 Å². The lowest BCUT2D eigenvalue weighted by Gasteiger charge is -1.99. The molecule has 0 amide bonds. The predicted octanol–water partition coefficient (Wildman–Crippen LogP) is 1.96. The molecule has 0 aliphatic rings. The van der Waals surface area contributed by atoms with Gasteiger partial charge in [0.15, 0.2) is 0 Å². The molecule has 0 saturated heterocycles. The maximum Gasteiger partial charge on any atom is 0.128 e. The van der Waals surface area contributed by atoms with Gasteiger partial charge in [-0.2, -0.15) is 0 Å². The van der Waals surface area contributed by atoms with Crippen LogP contribution in [0.1, 0.15) is 0 Å². The lowest BCUT2D eigenvalue weighted by Crippen LogP contribution is -1.81. The van der Waals surface area contributed by atoms with Crippen molar-refractivity contribution in [3.63, 3.8) is 0 Å². The normalized spacial score (nSPS) is 9.40. The topological polar surface area (TPSA) is 29.5 Å². The van der Waals surface area contributed by atoms with E-state index in [9.17, 15) is 0 Å². The first kappa shape index (κ1) is 7.41. The fourth-order valence-corrected chi connectivity index (χ4v) is 1.04. The summed E-state index contributed by atoms with van der Waals surface area (Å²) in [7, 11) is 1.54. The summed E-state index contributed by atoms with van der Waals surface area (Å²) in [5.41, 5.74) is 0. The highest BCUT2D eigenvalue weighted by Crippen LogP contribution is 2.23. The van der Waals surface area contributed by atoms with Gasteiger partial charge < -0.3 is 9.84 Å². The van der Waals surface area contributed by atoms with Crippen LogP contribution in [-0.4, -0.2) is 12.2 Å². The van der Waals surface area contributed by atoms with E-state index in [1.807, 2.05) is 0 Å². The summed E-state index contributed by atoms with van der Waals surface area (Å²) in [6, 6.07) is 5.85. The number of ether oxygens (including phenoxy) is 1. The van der Waals surface area contributed by atoms with Crippen LogP contribution in [0, 0.1) is 6.07 Å². The van der Waals surface area contributed by atoms with Crippen LogP contribution < -0.4 is 4.74 Å². The van der Waals surface area contributed by atoms with Gasteiger partial charge in [-0.1, -0.05) is 0 Å². The first-order valence-electron chi connectivity index (χ1n) is 2.68. The van der Waals surface area contributed by atoms with Crippen LogP contribution in [0.25, 0.3) is 0 Å². The Morgan fingerprint density at radius 2 is 2.30 bits per heavy atom. The highest BCUT2D eigenvalue weighted by Gasteiger charge is 1.96. The van der Waals surface area contributed by atoms with Gasteiger partial charge in [0.1, 0.15) is 11.5 Å².